The summed E-state index contributed by atoms with van der Waals surface area (Å²) in [7, 11) is 1.91. The Kier molecular flexibility index (Phi) is 5.59. The Labute approximate surface area is 122 Å². The summed E-state index contributed by atoms with van der Waals surface area (Å²) in [5, 5.41) is 6.77. The molecule has 0 bridgehead atoms. The van der Waals surface area contributed by atoms with Crippen LogP contribution < -0.4 is 10.6 Å². The molecule has 112 valence electrons. The van der Waals surface area contributed by atoms with Crippen LogP contribution >= 0.6 is 0 Å². The zero-order valence-electron chi connectivity index (χ0n) is 12.9. The minimum atomic E-state index is 0.535. The topological polar surface area (TPSA) is 53.1 Å². The smallest absolute Gasteiger partial charge is 0.134 e. The van der Waals surface area contributed by atoms with Gasteiger partial charge < -0.3 is 15.5 Å². The molecule has 1 saturated heterocycles. The van der Waals surface area contributed by atoms with Crippen LogP contribution in [0, 0.1) is 0 Å². The first-order valence-corrected chi connectivity index (χ1v) is 7.79. The molecule has 1 aromatic rings. The first-order chi connectivity index (χ1) is 9.78. The molecule has 2 heterocycles. The van der Waals surface area contributed by atoms with E-state index in [-0.39, 0.29) is 0 Å². The Morgan fingerprint density at radius 2 is 1.90 bits per heavy atom. The van der Waals surface area contributed by atoms with Crippen LogP contribution in [0.25, 0.3) is 0 Å². The standard InChI is InChI=1S/C15H27N5/c1-4-8-20-9-6-12(7-10-20)19-15-13(5-2)14(16-3)17-11-18-15/h11-12H,4-10H2,1-3H3,(H2,16,17,18,19). The highest BCUT2D eigenvalue weighted by Crippen LogP contribution is 2.23. The highest BCUT2D eigenvalue weighted by atomic mass is 15.2. The Morgan fingerprint density at radius 3 is 2.50 bits per heavy atom. The van der Waals surface area contributed by atoms with Gasteiger partial charge in [0.1, 0.15) is 18.0 Å². The second-order valence-electron chi connectivity index (χ2n) is 5.41. The van der Waals surface area contributed by atoms with Gasteiger partial charge in [-0.2, -0.15) is 0 Å². The molecule has 2 rings (SSSR count). The molecule has 0 radical (unpaired) electrons. The molecular formula is C15H27N5. The third kappa shape index (κ3) is 3.60. The largest absolute Gasteiger partial charge is 0.373 e. The lowest BCUT2D eigenvalue weighted by molar-refractivity contribution is 0.219. The average molecular weight is 277 g/mol. The van der Waals surface area contributed by atoms with E-state index < -0.39 is 0 Å². The number of rotatable bonds is 6. The summed E-state index contributed by atoms with van der Waals surface area (Å²) in [5.74, 6) is 1.94. The fourth-order valence-electron chi connectivity index (χ4n) is 2.90. The lowest BCUT2D eigenvalue weighted by Gasteiger charge is -2.32. The van der Waals surface area contributed by atoms with Crippen molar-refractivity contribution in [3.05, 3.63) is 11.9 Å². The van der Waals surface area contributed by atoms with E-state index in [1.807, 2.05) is 7.05 Å². The predicted molar refractivity (Wildman–Crippen MR) is 84.3 cm³/mol. The molecule has 0 aliphatic carbocycles. The van der Waals surface area contributed by atoms with E-state index >= 15 is 0 Å². The molecule has 1 aromatic heterocycles. The molecule has 0 amide bonds. The van der Waals surface area contributed by atoms with E-state index in [1.54, 1.807) is 6.33 Å². The van der Waals surface area contributed by atoms with Crippen LogP contribution in [0.4, 0.5) is 11.6 Å². The molecule has 20 heavy (non-hydrogen) atoms. The van der Waals surface area contributed by atoms with Gasteiger partial charge >= 0.3 is 0 Å². The van der Waals surface area contributed by atoms with E-state index in [2.05, 4.69) is 39.3 Å². The van der Waals surface area contributed by atoms with Crippen molar-refractivity contribution >= 4 is 11.6 Å². The summed E-state index contributed by atoms with van der Waals surface area (Å²) in [5.41, 5.74) is 1.19. The molecule has 5 nitrogen and oxygen atoms in total. The van der Waals surface area contributed by atoms with Gasteiger partial charge in [0.25, 0.3) is 0 Å². The maximum atomic E-state index is 4.43. The molecular weight excluding hydrogens is 250 g/mol. The molecule has 1 aliphatic heterocycles. The summed E-state index contributed by atoms with van der Waals surface area (Å²) >= 11 is 0. The molecule has 0 saturated carbocycles. The second kappa shape index (κ2) is 7.43. The summed E-state index contributed by atoms with van der Waals surface area (Å²) < 4.78 is 0. The predicted octanol–water partition coefficient (Wildman–Crippen LogP) is 2.37. The second-order valence-corrected chi connectivity index (χ2v) is 5.41. The fraction of sp³-hybridized carbons (Fsp3) is 0.733. The SMILES string of the molecule is CCCN1CCC(Nc2ncnc(NC)c2CC)CC1. The lowest BCUT2D eigenvalue weighted by atomic mass is 10.0. The highest BCUT2D eigenvalue weighted by molar-refractivity contribution is 5.57. The van der Waals surface area contributed by atoms with Gasteiger partial charge in [0, 0.05) is 31.7 Å². The third-order valence-corrected chi connectivity index (χ3v) is 4.00. The van der Waals surface area contributed by atoms with Crippen LogP contribution in [-0.2, 0) is 6.42 Å². The van der Waals surface area contributed by atoms with E-state index in [1.165, 1.54) is 44.5 Å². The minimum absolute atomic E-state index is 0.535. The van der Waals surface area contributed by atoms with Gasteiger partial charge in [0.05, 0.1) is 0 Å². The van der Waals surface area contributed by atoms with Crippen molar-refractivity contribution in [1.29, 1.82) is 0 Å². The number of hydrogen-bond acceptors (Lipinski definition) is 5. The molecule has 0 spiro atoms. The van der Waals surface area contributed by atoms with Gasteiger partial charge in [0.15, 0.2) is 0 Å². The van der Waals surface area contributed by atoms with Crippen molar-refractivity contribution in [2.24, 2.45) is 0 Å². The first-order valence-electron chi connectivity index (χ1n) is 7.79. The van der Waals surface area contributed by atoms with E-state index in [0.29, 0.717) is 6.04 Å². The number of anilines is 2. The van der Waals surface area contributed by atoms with E-state index in [0.717, 1.165) is 18.1 Å². The maximum Gasteiger partial charge on any atom is 0.134 e. The van der Waals surface area contributed by atoms with Crippen molar-refractivity contribution in [3.8, 4) is 0 Å². The van der Waals surface area contributed by atoms with Crippen LogP contribution in [-0.4, -0.2) is 47.6 Å². The van der Waals surface area contributed by atoms with Gasteiger partial charge in [0.2, 0.25) is 0 Å². The maximum absolute atomic E-state index is 4.43. The van der Waals surface area contributed by atoms with Crippen LogP contribution in [0.3, 0.4) is 0 Å². The molecule has 2 N–H and O–H groups in total. The Hall–Kier alpha value is -1.36. The monoisotopic (exact) mass is 277 g/mol. The lowest BCUT2D eigenvalue weighted by Crippen LogP contribution is -2.39. The number of piperidine rings is 1. The van der Waals surface area contributed by atoms with Gasteiger partial charge in [-0.05, 0) is 32.2 Å². The zero-order valence-corrected chi connectivity index (χ0v) is 12.9. The van der Waals surface area contributed by atoms with Crippen molar-refractivity contribution in [2.75, 3.05) is 37.3 Å². The summed E-state index contributed by atoms with van der Waals surface area (Å²) in [6, 6.07) is 0.535. The van der Waals surface area contributed by atoms with Crippen LogP contribution in [0.1, 0.15) is 38.7 Å². The molecule has 0 aromatic carbocycles. The molecule has 1 aliphatic rings. The fourth-order valence-corrected chi connectivity index (χ4v) is 2.90. The summed E-state index contributed by atoms with van der Waals surface area (Å²) in [6.45, 7) is 8.00. The molecule has 0 unspecified atom stereocenters. The van der Waals surface area contributed by atoms with Crippen molar-refractivity contribution in [2.45, 2.75) is 45.6 Å². The quantitative estimate of drug-likeness (QED) is 0.836. The van der Waals surface area contributed by atoms with Crippen LogP contribution in [0.5, 0.6) is 0 Å². The average Bonchev–Trinajstić information content (AvgIpc) is 2.49. The normalized spacial score (nSPS) is 17.1. The van der Waals surface area contributed by atoms with Crippen LogP contribution in [0.15, 0.2) is 6.33 Å². The molecule has 0 atom stereocenters. The first kappa shape index (κ1) is 15.0. The van der Waals surface area contributed by atoms with Gasteiger partial charge in [-0.1, -0.05) is 13.8 Å². The minimum Gasteiger partial charge on any atom is -0.373 e. The summed E-state index contributed by atoms with van der Waals surface area (Å²) in [6.07, 6.45) is 6.22. The van der Waals surface area contributed by atoms with E-state index in [9.17, 15) is 0 Å². The third-order valence-electron chi connectivity index (χ3n) is 4.00. The number of nitrogens with one attached hydrogen (secondary N) is 2. The summed E-state index contributed by atoms with van der Waals surface area (Å²) in [4.78, 5) is 11.3. The highest BCUT2D eigenvalue weighted by Gasteiger charge is 2.20. The number of hydrogen-bond donors (Lipinski definition) is 2. The zero-order chi connectivity index (χ0) is 14.4. The van der Waals surface area contributed by atoms with Gasteiger partial charge in [-0.3, -0.25) is 0 Å². The molecule has 5 heteroatoms. The number of likely N-dealkylation sites (tertiary alicyclic amines) is 1. The van der Waals surface area contributed by atoms with Crippen molar-refractivity contribution < 1.29 is 0 Å². The molecule has 1 fully saturated rings. The number of nitrogens with zero attached hydrogens (tertiary/aromatic N) is 3. The van der Waals surface area contributed by atoms with Crippen molar-refractivity contribution in [3.63, 3.8) is 0 Å². The van der Waals surface area contributed by atoms with Crippen LogP contribution in [0.2, 0.25) is 0 Å². The Bertz CT molecular complexity index is 413. The Balaban J connectivity index is 1.97. The van der Waals surface area contributed by atoms with E-state index in [4.69, 9.17) is 0 Å². The van der Waals surface area contributed by atoms with Crippen molar-refractivity contribution in [1.82, 2.24) is 14.9 Å². The number of aromatic nitrogens is 2. The van der Waals surface area contributed by atoms with Gasteiger partial charge in [-0.15, -0.1) is 0 Å². The van der Waals surface area contributed by atoms with Gasteiger partial charge in [-0.25, -0.2) is 9.97 Å². The Morgan fingerprint density at radius 1 is 1.20 bits per heavy atom.